The molecule has 7 rings (SSSR count). The van der Waals surface area contributed by atoms with E-state index >= 15 is 0 Å². The van der Waals surface area contributed by atoms with Crippen LogP contribution in [0, 0.1) is 11.6 Å². The number of rotatable bonds is 7. The molecule has 42 heavy (non-hydrogen) atoms. The van der Waals surface area contributed by atoms with Gasteiger partial charge in [-0.05, 0) is 60.5 Å². The van der Waals surface area contributed by atoms with Crippen LogP contribution >= 0.6 is 0 Å². The van der Waals surface area contributed by atoms with Crippen LogP contribution in [0.2, 0.25) is 0 Å². The number of hydrogen-bond acceptors (Lipinski definition) is 6. The first kappa shape index (κ1) is 25.5. The molecule has 0 aliphatic heterocycles. The van der Waals surface area contributed by atoms with Crippen LogP contribution in [0.3, 0.4) is 0 Å². The lowest BCUT2D eigenvalue weighted by Gasteiger charge is -2.10. The number of nitrogens with zero attached hydrogens (tertiary/aromatic N) is 4. The molecule has 8 nitrogen and oxygen atoms in total. The number of imidazole rings is 1. The average molecular weight is 561 g/mol. The minimum Gasteiger partial charge on any atom is -0.431 e. The number of amides is 1. The van der Waals surface area contributed by atoms with Crippen LogP contribution in [0.4, 0.5) is 8.78 Å². The zero-order valence-electron chi connectivity index (χ0n) is 22.1. The van der Waals surface area contributed by atoms with Gasteiger partial charge in [0, 0.05) is 35.0 Å². The molecule has 0 aliphatic rings. The SMILES string of the molecule is O=C(NCc1ncccc1F)c1cnc(-c2cc(CCc3nc4cc(F)ccc4[nH]3)c3cc4ccccc4nc3c2)o1. The van der Waals surface area contributed by atoms with E-state index in [4.69, 9.17) is 9.40 Å². The zero-order chi connectivity index (χ0) is 28.6. The molecule has 7 aromatic rings. The molecule has 10 heteroatoms. The lowest BCUT2D eigenvalue weighted by Crippen LogP contribution is -2.23. The van der Waals surface area contributed by atoms with Crippen LogP contribution in [0.15, 0.2) is 89.6 Å². The van der Waals surface area contributed by atoms with Crippen molar-refractivity contribution in [1.82, 2.24) is 30.2 Å². The Bertz CT molecular complexity index is 2120. The number of aromatic amines is 1. The van der Waals surface area contributed by atoms with Crippen molar-refractivity contribution in [1.29, 1.82) is 0 Å². The molecule has 0 unspecified atom stereocenters. The van der Waals surface area contributed by atoms with Crippen molar-refractivity contribution in [3.8, 4) is 11.5 Å². The fourth-order valence-corrected chi connectivity index (χ4v) is 5.00. The van der Waals surface area contributed by atoms with Gasteiger partial charge in [0.1, 0.15) is 17.5 Å². The first-order chi connectivity index (χ1) is 20.5. The number of oxazole rings is 1. The first-order valence-electron chi connectivity index (χ1n) is 13.3. The minimum absolute atomic E-state index is 0.0102. The van der Waals surface area contributed by atoms with E-state index in [0.717, 1.165) is 38.7 Å². The topological polar surface area (TPSA) is 110 Å². The van der Waals surface area contributed by atoms with Gasteiger partial charge in [-0.1, -0.05) is 18.2 Å². The second-order valence-electron chi connectivity index (χ2n) is 9.87. The Morgan fingerprint density at radius 3 is 2.69 bits per heavy atom. The summed E-state index contributed by atoms with van der Waals surface area (Å²) in [5, 5.41) is 4.60. The van der Waals surface area contributed by atoms with Crippen LogP contribution in [-0.4, -0.2) is 30.8 Å². The van der Waals surface area contributed by atoms with Crippen LogP contribution in [0.25, 0.3) is 44.3 Å². The molecular weight excluding hydrogens is 538 g/mol. The van der Waals surface area contributed by atoms with Crippen molar-refractivity contribution < 1.29 is 18.0 Å². The molecule has 0 radical (unpaired) electrons. The van der Waals surface area contributed by atoms with Crippen LogP contribution in [0.1, 0.15) is 27.6 Å². The van der Waals surface area contributed by atoms with Gasteiger partial charge in [0.25, 0.3) is 5.91 Å². The number of H-pyrrole nitrogens is 1. The third-order valence-corrected chi connectivity index (χ3v) is 7.07. The highest BCUT2D eigenvalue weighted by Crippen LogP contribution is 2.30. The molecule has 0 saturated carbocycles. The van der Waals surface area contributed by atoms with Crippen molar-refractivity contribution in [2.75, 3.05) is 0 Å². The first-order valence-corrected chi connectivity index (χ1v) is 13.3. The highest BCUT2D eigenvalue weighted by molar-refractivity contribution is 5.96. The molecule has 206 valence electrons. The van der Waals surface area contributed by atoms with Gasteiger partial charge in [0.15, 0.2) is 0 Å². The monoisotopic (exact) mass is 560 g/mol. The number of pyridine rings is 2. The number of hydrogen-bond donors (Lipinski definition) is 2. The molecule has 2 N–H and O–H groups in total. The number of aromatic nitrogens is 5. The number of carbonyl (C=O) groups excluding carboxylic acids is 1. The summed E-state index contributed by atoms with van der Waals surface area (Å²) >= 11 is 0. The predicted octanol–water partition coefficient (Wildman–Crippen LogP) is 6.31. The van der Waals surface area contributed by atoms with Crippen LogP contribution in [0.5, 0.6) is 0 Å². The van der Waals surface area contributed by atoms with Gasteiger partial charge in [-0.15, -0.1) is 0 Å². The molecule has 3 aromatic carbocycles. The number of aryl methyl sites for hydroxylation is 2. The largest absolute Gasteiger partial charge is 0.431 e. The van der Waals surface area contributed by atoms with Crippen LogP contribution < -0.4 is 5.32 Å². The number of carbonyl (C=O) groups is 1. The number of para-hydroxylation sites is 1. The molecule has 1 amide bonds. The van der Waals surface area contributed by atoms with E-state index in [9.17, 15) is 13.6 Å². The summed E-state index contributed by atoms with van der Waals surface area (Å²) in [7, 11) is 0. The van der Waals surface area contributed by atoms with E-state index in [1.807, 2.05) is 36.4 Å². The average Bonchev–Trinajstić information content (AvgIpc) is 3.65. The van der Waals surface area contributed by atoms with Gasteiger partial charge in [-0.2, -0.15) is 0 Å². The number of nitrogens with one attached hydrogen (secondary N) is 2. The van der Waals surface area contributed by atoms with E-state index in [-0.39, 0.29) is 29.7 Å². The van der Waals surface area contributed by atoms with Crippen molar-refractivity contribution >= 4 is 38.7 Å². The Balaban J connectivity index is 1.21. The Kier molecular flexibility index (Phi) is 6.35. The summed E-state index contributed by atoms with van der Waals surface area (Å²) in [6, 6.07) is 21.1. The maximum atomic E-state index is 13.9. The number of halogens is 2. The van der Waals surface area contributed by atoms with E-state index < -0.39 is 11.7 Å². The fraction of sp³-hybridized carbons (Fsp3) is 0.0938. The molecule has 0 atom stereocenters. The Hall–Kier alpha value is -5.51. The van der Waals surface area contributed by atoms with E-state index in [1.165, 1.54) is 36.7 Å². The van der Waals surface area contributed by atoms with E-state index in [0.29, 0.717) is 23.9 Å². The Labute approximate surface area is 237 Å². The van der Waals surface area contributed by atoms with Crippen molar-refractivity contribution in [2.24, 2.45) is 0 Å². The Morgan fingerprint density at radius 2 is 1.79 bits per heavy atom. The molecule has 0 fully saturated rings. The van der Waals surface area contributed by atoms with Gasteiger partial charge < -0.3 is 14.7 Å². The second-order valence-corrected chi connectivity index (χ2v) is 9.87. The highest BCUT2D eigenvalue weighted by Gasteiger charge is 2.17. The van der Waals surface area contributed by atoms with Gasteiger partial charge in [-0.25, -0.2) is 23.7 Å². The maximum Gasteiger partial charge on any atom is 0.289 e. The summed E-state index contributed by atoms with van der Waals surface area (Å²) < 4.78 is 33.4. The fourth-order valence-electron chi connectivity index (χ4n) is 5.00. The smallest absolute Gasteiger partial charge is 0.289 e. The normalized spacial score (nSPS) is 11.5. The summed E-state index contributed by atoms with van der Waals surface area (Å²) in [6.07, 6.45) is 3.98. The van der Waals surface area contributed by atoms with Gasteiger partial charge in [-0.3, -0.25) is 9.78 Å². The molecule has 0 bridgehead atoms. The molecule has 0 aliphatic carbocycles. The van der Waals surface area contributed by atoms with Gasteiger partial charge in [0.2, 0.25) is 11.7 Å². The highest BCUT2D eigenvalue weighted by atomic mass is 19.1. The lowest BCUT2D eigenvalue weighted by molar-refractivity contribution is 0.0923. The minimum atomic E-state index is -0.537. The quantitative estimate of drug-likeness (QED) is 0.221. The van der Waals surface area contributed by atoms with E-state index in [2.05, 4.69) is 31.3 Å². The second kappa shape index (κ2) is 10.5. The van der Waals surface area contributed by atoms with Crippen molar-refractivity contribution in [2.45, 2.75) is 19.4 Å². The maximum absolute atomic E-state index is 13.9. The van der Waals surface area contributed by atoms with Crippen LogP contribution in [-0.2, 0) is 19.4 Å². The Morgan fingerprint density at radius 1 is 0.881 bits per heavy atom. The summed E-state index contributed by atoms with van der Waals surface area (Å²) in [5.41, 5.74) is 4.72. The molecular formula is C32H22F2N6O2. The number of fused-ring (bicyclic) bond motifs is 3. The van der Waals surface area contributed by atoms with Crippen molar-refractivity contribution in [3.63, 3.8) is 0 Å². The molecule has 0 spiro atoms. The van der Waals surface area contributed by atoms with Gasteiger partial charge >= 0.3 is 0 Å². The lowest BCUT2D eigenvalue weighted by atomic mass is 9.98. The summed E-state index contributed by atoms with van der Waals surface area (Å²) in [6.45, 7) is -0.0902. The third-order valence-electron chi connectivity index (χ3n) is 7.07. The molecule has 0 saturated heterocycles. The van der Waals surface area contributed by atoms with Crippen molar-refractivity contribution in [3.05, 3.63) is 120 Å². The summed E-state index contributed by atoms with van der Waals surface area (Å²) in [4.78, 5) is 33.7. The standard InChI is InChI=1S/C32H22F2N6O2/c33-21-8-9-25-27(15-21)40-30(39-25)10-7-18-12-20(14-26-22(18)13-19-4-1-2-6-24(19)38-26)32-37-17-29(42-32)31(41)36-16-28-23(34)5-3-11-35-28/h1-6,8-9,11-15,17H,7,10,16H2,(H,36,41)(H,39,40). The third kappa shape index (κ3) is 4.94. The molecule has 4 aromatic heterocycles. The van der Waals surface area contributed by atoms with E-state index in [1.54, 1.807) is 6.07 Å². The number of benzene rings is 3. The predicted molar refractivity (Wildman–Crippen MR) is 154 cm³/mol. The van der Waals surface area contributed by atoms with Gasteiger partial charge in [0.05, 0.1) is 40.5 Å². The summed E-state index contributed by atoms with van der Waals surface area (Å²) in [5.74, 6) is -0.396. The zero-order valence-corrected chi connectivity index (χ0v) is 22.1. The molecule has 4 heterocycles.